The van der Waals surface area contributed by atoms with Gasteiger partial charge in [-0.05, 0) is 36.4 Å². The highest BCUT2D eigenvalue weighted by molar-refractivity contribution is 6.30. The van der Waals surface area contributed by atoms with Crippen molar-refractivity contribution < 1.29 is 18.6 Å². The third-order valence-corrected chi connectivity index (χ3v) is 3.59. The molecule has 0 aliphatic carbocycles. The van der Waals surface area contributed by atoms with Crippen LogP contribution in [0.3, 0.4) is 0 Å². The molecule has 0 saturated heterocycles. The van der Waals surface area contributed by atoms with Crippen molar-refractivity contribution in [2.45, 2.75) is 6.61 Å². The first-order valence-electron chi connectivity index (χ1n) is 7.05. The van der Waals surface area contributed by atoms with Gasteiger partial charge in [0.25, 0.3) is 0 Å². The first-order chi connectivity index (χ1) is 11.5. The first kappa shape index (κ1) is 16.2. The van der Waals surface area contributed by atoms with Crippen molar-refractivity contribution in [1.82, 2.24) is 4.98 Å². The molecule has 0 atom stereocenters. The number of aromatic nitrogens is 1. The second kappa shape index (κ2) is 6.84. The van der Waals surface area contributed by atoms with Crippen LogP contribution in [0.5, 0.6) is 11.6 Å². The summed E-state index contributed by atoms with van der Waals surface area (Å²) in [6.07, 6.45) is 0. The number of aromatic hydroxyl groups is 1. The molecule has 122 valence electrons. The van der Waals surface area contributed by atoms with Gasteiger partial charge in [-0.3, -0.25) is 0 Å². The van der Waals surface area contributed by atoms with E-state index >= 15 is 0 Å². The molecule has 3 rings (SSSR count). The number of benzene rings is 2. The minimum atomic E-state index is -0.733. The zero-order chi connectivity index (χ0) is 17.1. The zero-order valence-corrected chi connectivity index (χ0v) is 13.1. The van der Waals surface area contributed by atoms with Crippen LogP contribution in [0.15, 0.2) is 54.6 Å². The summed E-state index contributed by atoms with van der Waals surface area (Å²) in [5, 5.41) is 9.55. The van der Waals surface area contributed by atoms with Gasteiger partial charge in [0.1, 0.15) is 12.4 Å². The lowest BCUT2D eigenvalue weighted by Crippen LogP contribution is -2.00. The van der Waals surface area contributed by atoms with Crippen LogP contribution in [0.1, 0.15) is 5.56 Å². The lowest BCUT2D eigenvalue weighted by molar-refractivity contribution is 0.288. The number of hydrogen-bond acceptors (Lipinski definition) is 3. The van der Waals surface area contributed by atoms with Crippen molar-refractivity contribution in [2.24, 2.45) is 0 Å². The predicted molar refractivity (Wildman–Crippen MR) is 87.0 cm³/mol. The van der Waals surface area contributed by atoms with E-state index < -0.39 is 17.4 Å². The van der Waals surface area contributed by atoms with E-state index in [1.54, 1.807) is 30.3 Å². The van der Waals surface area contributed by atoms with Crippen molar-refractivity contribution in [3.05, 3.63) is 76.8 Å². The van der Waals surface area contributed by atoms with E-state index in [0.29, 0.717) is 21.8 Å². The molecule has 0 saturated carbocycles. The number of ether oxygens (including phenoxy) is 1. The molecule has 6 heteroatoms. The van der Waals surface area contributed by atoms with Crippen molar-refractivity contribution in [2.75, 3.05) is 0 Å². The summed E-state index contributed by atoms with van der Waals surface area (Å²) in [4.78, 5) is 4.26. The van der Waals surface area contributed by atoms with Gasteiger partial charge in [0.15, 0.2) is 11.6 Å². The predicted octanol–water partition coefficient (Wildman–Crippen LogP) is 4.96. The largest absolute Gasteiger partial charge is 0.505 e. The summed E-state index contributed by atoms with van der Waals surface area (Å²) in [5.74, 6) is -1.34. The van der Waals surface area contributed by atoms with Gasteiger partial charge in [0.05, 0.1) is 5.69 Å². The maximum Gasteiger partial charge on any atom is 0.214 e. The fourth-order valence-corrected chi connectivity index (χ4v) is 2.27. The van der Waals surface area contributed by atoms with Gasteiger partial charge in [-0.1, -0.05) is 23.7 Å². The van der Waals surface area contributed by atoms with Gasteiger partial charge >= 0.3 is 0 Å². The summed E-state index contributed by atoms with van der Waals surface area (Å²) in [6.45, 7) is -0.0105. The molecule has 0 spiro atoms. The van der Waals surface area contributed by atoms with Gasteiger partial charge in [-0.25, -0.2) is 13.8 Å². The molecular weight excluding hydrogens is 336 g/mol. The minimum Gasteiger partial charge on any atom is -0.505 e. The Morgan fingerprint density at radius 1 is 1.00 bits per heavy atom. The van der Waals surface area contributed by atoms with E-state index in [-0.39, 0.29) is 12.5 Å². The number of pyridine rings is 1. The SMILES string of the molecule is Oc1ccc(-c2cccc(OCc3ccc(Cl)cc3F)n2)cc1F. The molecular formula is C18H12ClF2NO2. The molecule has 2 aromatic carbocycles. The van der Waals surface area contributed by atoms with Gasteiger partial charge in [-0.15, -0.1) is 0 Å². The Morgan fingerprint density at radius 3 is 2.58 bits per heavy atom. The Kier molecular flexibility index (Phi) is 4.62. The molecule has 0 radical (unpaired) electrons. The lowest BCUT2D eigenvalue weighted by Gasteiger charge is -2.08. The molecule has 0 unspecified atom stereocenters. The number of phenols is 1. The number of rotatable bonds is 4. The number of hydrogen-bond donors (Lipinski definition) is 1. The van der Waals surface area contributed by atoms with E-state index in [1.807, 2.05) is 0 Å². The number of nitrogens with zero attached hydrogens (tertiary/aromatic N) is 1. The average molecular weight is 348 g/mol. The number of halogens is 3. The summed E-state index contributed by atoms with van der Waals surface area (Å²) in [7, 11) is 0. The molecule has 0 aliphatic heterocycles. The third-order valence-electron chi connectivity index (χ3n) is 3.36. The highest BCUT2D eigenvalue weighted by atomic mass is 35.5. The highest BCUT2D eigenvalue weighted by Crippen LogP contribution is 2.25. The lowest BCUT2D eigenvalue weighted by atomic mass is 10.1. The van der Waals surface area contributed by atoms with Crippen LogP contribution >= 0.6 is 11.6 Å². The summed E-state index contributed by atoms with van der Waals surface area (Å²) >= 11 is 5.70. The highest BCUT2D eigenvalue weighted by Gasteiger charge is 2.08. The van der Waals surface area contributed by atoms with E-state index in [0.717, 1.165) is 0 Å². The smallest absolute Gasteiger partial charge is 0.214 e. The standard InChI is InChI=1S/C18H12ClF2NO2/c19-13-6-4-12(14(20)9-13)10-24-18-3-1-2-16(22-18)11-5-7-17(23)15(21)8-11/h1-9,23H,10H2. The molecule has 0 bridgehead atoms. The van der Waals surface area contributed by atoms with Gasteiger partial charge in [-0.2, -0.15) is 0 Å². The summed E-state index contributed by atoms with van der Waals surface area (Å²) in [6, 6.07) is 13.3. The maximum absolute atomic E-state index is 13.7. The van der Waals surface area contributed by atoms with Crippen molar-refractivity contribution in [3.8, 4) is 22.9 Å². The Morgan fingerprint density at radius 2 is 1.83 bits per heavy atom. The molecule has 0 amide bonds. The monoisotopic (exact) mass is 347 g/mol. The van der Waals surface area contributed by atoms with E-state index in [1.165, 1.54) is 24.3 Å². The van der Waals surface area contributed by atoms with Crippen LogP contribution in [0.4, 0.5) is 8.78 Å². The fraction of sp³-hybridized carbons (Fsp3) is 0.0556. The van der Waals surface area contributed by atoms with Crippen molar-refractivity contribution in [1.29, 1.82) is 0 Å². The second-order valence-electron chi connectivity index (χ2n) is 5.05. The van der Waals surface area contributed by atoms with E-state index in [2.05, 4.69) is 4.98 Å². The zero-order valence-electron chi connectivity index (χ0n) is 12.3. The van der Waals surface area contributed by atoms with Crippen LogP contribution in [-0.2, 0) is 6.61 Å². The Bertz CT molecular complexity index is 887. The van der Waals surface area contributed by atoms with Crippen LogP contribution < -0.4 is 4.74 Å². The normalized spacial score (nSPS) is 10.6. The van der Waals surface area contributed by atoms with Crippen molar-refractivity contribution >= 4 is 11.6 Å². The Labute approximate surface area is 142 Å². The quantitative estimate of drug-likeness (QED) is 0.725. The van der Waals surface area contributed by atoms with E-state index in [4.69, 9.17) is 16.3 Å². The minimum absolute atomic E-state index is 0.0105. The fourth-order valence-electron chi connectivity index (χ4n) is 2.11. The average Bonchev–Trinajstić information content (AvgIpc) is 2.57. The maximum atomic E-state index is 13.7. The van der Waals surface area contributed by atoms with Gasteiger partial charge in [0, 0.05) is 22.2 Å². The number of phenolic OH excluding ortho intramolecular Hbond substituents is 1. The van der Waals surface area contributed by atoms with Crippen LogP contribution in [-0.4, -0.2) is 10.1 Å². The summed E-state index contributed by atoms with van der Waals surface area (Å²) in [5.41, 5.74) is 1.32. The van der Waals surface area contributed by atoms with Gasteiger partial charge in [0.2, 0.25) is 5.88 Å². The van der Waals surface area contributed by atoms with Crippen LogP contribution in [0.2, 0.25) is 5.02 Å². The van der Waals surface area contributed by atoms with Crippen LogP contribution in [0, 0.1) is 11.6 Å². The topological polar surface area (TPSA) is 42.4 Å². The second-order valence-corrected chi connectivity index (χ2v) is 5.49. The molecule has 24 heavy (non-hydrogen) atoms. The summed E-state index contributed by atoms with van der Waals surface area (Å²) < 4.78 is 32.7. The molecule has 1 heterocycles. The molecule has 3 nitrogen and oxygen atoms in total. The molecule has 1 aromatic heterocycles. The first-order valence-corrected chi connectivity index (χ1v) is 7.43. The molecule has 3 aromatic rings. The molecule has 1 N–H and O–H groups in total. The Hall–Kier alpha value is -2.66. The van der Waals surface area contributed by atoms with Crippen LogP contribution in [0.25, 0.3) is 11.3 Å². The third kappa shape index (κ3) is 3.63. The van der Waals surface area contributed by atoms with Crippen molar-refractivity contribution in [3.63, 3.8) is 0 Å². The molecule has 0 fully saturated rings. The Balaban J connectivity index is 1.79. The molecule has 0 aliphatic rings. The van der Waals surface area contributed by atoms with Gasteiger partial charge < -0.3 is 9.84 Å². The van der Waals surface area contributed by atoms with E-state index in [9.17, 15) is 13.9 Å².